The Labute approximate surface area is 129 Å². The molecule has 2 unspecified atom stereocenters. The van der Waals surface area contributed by atoms with Crippen molar-refractivity contribution in [3.8, 4) is 0 Å². The second-order valence-corrected chi connectivity index (χ2v) is 6.28. The highest BCUT2D eigenvalue weighted by Gasteiger charge is 2.38. The molecule has 114 valence electrons. The molecule has 5 N–H and O–H groups in total. The van der Waals surface area contributed by atoms with Gasteiger partial charge in [0.05, 0.1) is 16.2 Å². The summed E-state index contributed by atoms with van der Waals surface area (Å²) in [5, 5.41) is 3.08. The summed E-state index contributed by atoms with van der Waals surface area (Å²) in [7, 11) is 0. The maximum absolute atomic E-state index is 12.5. The van der Waals surface area contributed by atoms with Crippen LogP contribution >= 0.6 is 11.6 Å². The van der Waals surface area contributed by atoms with Gasteiger partial charge in [-0.05, 0) is 37.0 Å². The van der Waals surface area contributed by atoms with Gasteiger partial charge in [0.2, 0.25) is 11.8 Å². The third-order valence-electron chi connectivity index (χ3n) is 3.98. The number of halogens is 1. The first-order valence-electron chi connectivity index (χ1n) is 7.01. The number of nitrogens with two attached hydrogens (primary N) is 2. The number of amides is 2. The van der Waals surface area contributed by atoms with E-state index in [1.165, 1.54) is 18.2 Å². The van der Waals surface area contributed by atoms with Crippen molar-refractivity contribution in [3.05, 3.63) is 28.8 Å². The summed E-state index contributed by atoms with van der Waals surface area (Å²) in [6.45, 7) is 2.09. The van der Waals surface area contributed by atoms with Crippen LogP contribution in [0.3, 0.4) is 0 Å². The van der Waals surface area contributed by atoms with Gasteiger partial charge in [-0.3, -0.25) is 9.59 Å². The van der Waals surface area contributed by atoms with Crippen LogP contribution in [0.15, 0.2) is 18.2 Å². The molecule has 0 saturated heterocycles. The van der Waals surface area contributed by atoms with Gasteiger partial charge in [0.25, 0.3) is 0 Å². The Hall–Kier alpha value is -1.59. The monoisotopic (exact) mass is 309 g/mol. The molecule has 5 nitrogen and oxygen atoms in total. The molecular weight excluding hydrogens is 290 g/mol. The summed E-state index contributed by atoms with van der Waals surface area (Å²) in [5.74, 6) is -0.421. The Morgan fingerprint density at radius 2 is 2.14 bits per heavy atom. The first kappa shape index (κ1) is 15.8. The minimum atomic E-state index is -0.885. The van der Waals surface area contributed by atoms with Crippen molar-refractivity contribution < 1.29 is 9.59 Å². The van der Waals surface area contributed by atoms with E-state index in [1.54, 1.807) is 0 Å². The molecule has 6 heteroatoms. The van der Waals surface area contributed by atoms with Crippen LogP contribution in [0.25, 0.3) is 0 Å². The van der Waals surface area contributed by atoms with Crippen molar-refractivity contribution >= 4 is 29.1 Å². The summed E-state index contributed by atoms with van der Waals surface area (Å²) in [4.78, 5) is 23.7. The van der Waals surface area contributed by atoms with E-state index in [0.29, 0.717) is 29.5 Å². The number of anilines is 1. The van der Waals surface area contributed by atoms with Crippen LogP contribution in [0.5, 0.6) is 0 Å². The van der Waals surface area contributed by atoms with Crippen molar-refractivity contribution in [1.82, 2.24) is 0 Å². The predicted octanol–water partition coefficient (Wildman–Crippen LogP) is 2.29. The van der Waals surface area contributed by atoms with Crippen molar-refractivity contribution in [1.29, 1.82) is 0 Å². The van der Waals surface area contributed by atoms with E-state index in [2.05, 4.69) is 12.2 Å². The Kier molecular flexibility index (Phi) is 4.54. The standard InChI is InChI=1S/C15H20ClN3O2/c1-9-3-2-6-15(18,8-9)14(21)19-12-7-10(13(17)20)4-5-11(12)16/h4-5,7,9H,2-3,6,8,18H2,1H3,(H2,17,20)(H,19,21). The topological polar surface area (TPSA) is 98.2 Å². The zero-order valence-corrected chi connectivity index (χ0v) is 12.7. The summed E-state index contributed by atoms with van der Waals surface area (Å²) < 4.78 is 0. The van der Waals surface area contributed by atoms with Crippen LogP contribution in [-0.4, -0.2) is 17.4 Å². The van der Waals surface area contributed by atoms with Crippen LogP contribution in [-0.2, 0) is 4.79 Å². The largest absolute Gasteiger partial charge is 0.366 e. The summed E-state index contributed by atoms with van der Waals surface area (Å²) in [5.41, 5.74) is 11.2. The number of primary amides is 1. The molecule has 1 aromatic carbocycles. The Balaban J connectivity index is 2.19. The third-order valence-corrected chi connectivity index (χ3v) is 4.31. The van der Waals surface area contributed by atoms with Gasteiger partial charge in [0.15, 0.2) is 0 Å². The van der Waals surface area contributed by atoms with Gasteiger partial charge in [-0.15, -0.1) is 0 Å². The fourth-order valence-corrected chi connectivity index (χ4v) is 2.98. The lowest BCUT2D eigenvalue weighted by atomic mass is 9.76. The lowest BCUT2D eigenvalue weighted by Crippen LogP contribution is -2.53. The van der Waals surface area contributed by atoms with E-state index >= 15 is 0 Å². The molecule has 2 atom stereocenters. The highest BCUT2D eigenvalue weighted by molar-refractivity contribution is 6.34. The Morgan fingerprint density at radius 3 is 2.76 bits per heavy atom. The third kappa shape index (κ3) is 3.54. The predicted molar refractivity (Wildman–Crippen MR) is 83.2 cm³/mol. The van der Waals surface area contributed by atoms with E-state index in [4.69, 9.17) is 23.1 Å². The minimum absolute atomic E-state index is 0.266. The molecule has 0 bridgehead atoms. The second kappa shape index (κ2) is 6.03. The van der Waals surface area contributed by atoms with Gasteiger partial charge in [-0.2, -0.15) is 0 Å². The molecule has 0 aromatic heterocycles. The first-order valence-corrected chi connectivity index (χ1v) is 7.39. The highest BCUT2D eigenvalue weighted by atomic mass is 35.5. The highest BCUT2D eigenvalue weighted by Crippen LogP contribution is 2.32. The molecule has 1 aliphatic carbocycles. The number of benzene rings is 1. The average Bonchev–Trinajstić information content (AvgIpc) is 2.40. The van der Waals surface area contributed by atoms with Crippen LogP contribution in [0, 0.1) is 5.92 Å². The van der Waals surface area contributed by atoms with Gasteiger partial charge >= 0.3 is 0 Å². The maximum atomic E-state index is 12.5. The summed E-state index contributed by atoms with van der Waals surface area (Å²) in [6, 6.07) is 4.52. The van der Waals surface area contributed by atoms with E-state index in [-0.39, 0.29) is 11.5 Å². The number of nitrogens with one attached hydrogen (secondary N) is 1. The SMILES string of the molecule is CC1CCCC(N)(C(=O)Nc2cc(C(N)=O)ccc2Cl)C1. The number of carbonyl (C=O) groups is 2. The molecule has 2 amide bonds. The van der Waals surface area contributed by atoms with Crippen molar-refractivity contribution in [2.24, 2.45) is 17.4 Å². The van der Waals surface area contributed by atoms with Gasteiger partial charge < -0.3 is 16.8 Å². The normalized spacial score (nSPS) is 25.4. The molecule has 0 heterocycles. The zero-order chi connectivity index (χ0) is 15.6. The summed E-state index contributed by atoms with van der Waals surface area (Å²) in [6.07, 6.45) is 3.31. The number of rotatable bonds is 3. The van der Waals surface area contributed by atoms with Crippen molar-refractivity contribution in [2.45, 2.75) is 38.1 Å². The van der Waals surface area contributed by atoms with Crippen LogP contribution < -0.4 is 16.8 Å². The zero-order valence-electron chi connectivity index (χ0n) is 12.0. The fourth-order valence-electron chi connectivity index (χ4n) is 2.82. The minimum Gasteiger partial charge on any atom is -0.366 e. The van der Waals surface area contributed by atoms with Crippen LogP contribution in [0.4, 0.5) is 5.69 Å². The summed E-state index contributed by atoms with van der Waals surface area (Å²) >= 11 is 6.05. The average molecular weight is 310 g/mol. The Morgan fingerprint density at radius 1 is 1.43 bits per heavy atom. The van der Waals surface area contributed by atoms with Gasteiger partial charge in [0.1, 0.15) is 0 Å². The van der Waals surface area contributed by atoms with Crippen LogP contribution in [0.2, 0.25) is 5.02 Å². The molecular formula is C15H20ClN3O2. The smallest absolute Gasteiger partial charge is 0.248 e. The number of hydrogen-bond donors (Lipinski definition) is 3. The van der Waals surface area contributed by atoms with E-state index in [9.17, 15) is 9.59 Å². The Bertz CT molecular complexity index is 576. The molecule has 1 aliphatic rings. The van der Waals surface area contributed by atoms with Crippen LogP contribution in [0.1, 0.15) is 43.0 Å². The molecule has 0 aliphatic heterocycles. The van der Waals surface area contributed by atoms with E-state index in [0.717, 1.165) is 12.8 Å². The van der Waals surface area contributed by atoms with Gasteiger partial charge in [-0.25, -0.2) is 0 Å². The van der Waals surface area contributed by atoms with Crippen molar-refractivity contribution in [2.75, 3.05) is 5.32 Å². The molecule has 1 fully saturated rings. The van der Waals surface area contributed by atoms with E-state index in [1.807, 2.05) is 0 Å². The maximum Gasteiger partial charge on any atom is 0.248 e. The van der Waals surface area contributed by atoms with Gasteiger partial charge in [-0.1, -0.05) is 31.4 Å². The lowest BCUT2D eigenvalue weighted by molar-refractivity contribution is -0.122. The molecule has 1 aromatic rings. The lowest BCUT2D eigenvalue weighted by Gasteiger charge is -2.35. The second-order valence-electron chi connectivity index (χ2n) is 5.87. The first-order chi connectivity index (χ1) is 9.82. The number of carbonyl (C=O) groups excluding carboxylic acids is 2. The van der Waals surface area contributed by atoms with Gasteiger partial charge in [0, 0.05) is 5.56 Å². The molecule has 21 heavy (non-hydrogen) atoms. The number of hydrogen-bond acceptors (Lipinski definition) is 3. The molecule has 0 spiro atoms. The quantitative estimate of drug-likeness (QED) is 0.799. The fraction of sp³-hybridized carbons (Fsp3) is 0.467. The molecule has 1 saturated carbocycles. The van der Waals surface area contributed by atoms with Crippen molar-refractivity contribution in [3.63, 3.8) is 0 Å². The van der Waals surface area contributed by atoms with E-state index < -0.39 is 11.4 Å². The molecule has 2 rings (SSSR count). The molecule has 0 radical (unpaired) electrons.